The number of allylic oxidation sites excluding steroid dienone is 1. The summed E-state index contributed by atoms with van der Waals surface area (Å²) in [6.07, 6.45) is 3.05. The number of β-amino-alcohol motifs (C(OH)–C–C–N with tert-alkyl or cyclic N) is 1. The van der Waals surface area contributed by atoms with Crippen LogP contribution in [-0.4, -0.2) is 138 Å². The molecular formula is C54H68N12O7S. The number of aliphatic hydroxyl groups is 2. The molecule has 2 unspecified atom stereocenters. The first kappa shape index (κ1) is 53.5. The van der Waals surface area contributed by atoms with Gasteiger partial charge in [0.15, 0.2) is 11.5 Å². The van der Waals surface area contributed by atoms with Gasteiger partial charge in [0, 0.05) is 82.8 Å². The van der Waals surface area contributed by atoms with Gasteiger partial charge in [-0.3, -0.25) is 24.1 Å². The molecule has 5 N–H and O–H groups in total. The second-order valence-electron chi connectivity index (χ2n) is 20.5. The number of amides is 3. The molecule has 6 heterocycles. The number of anilines is 3. The molecule has 3 atom stereocenters. The fraction of sp³-hybridized carbons (Fsp3) is 0.444. The highest BCUT2D eigenvalue weighted by atomic mass is 32.1. The molecule has 2 saturated heterocycles. The van der Waals surface area contributed by atoms with Crippen LogP contribution in [0.15, 0.2) is 95.9 Å². The van der Waals surface area contributed by atoms with E-state index in [4.69, 9.17) is 9.72 Å². The Hall–Kier alpha value is -6.84. The molecule has 3 amide bonds. The maximum atomic E-state index is 14.1. The molecule has 20 heteroatoms. The van der Waals surface area contributed by atoms with Gasteiger partial charge >= 0.3 is 0 Å². The monoisotopic (exact) mass is 1030 g/mol. The minimum atomic E-state index is -1.19. The standard InChI is InChI=1S/C54H68N12O7S/c1-8-22-65-50(70)41-32-56-52(61-48(41)66(65)44-12-9-11-43(59-44)54(6,7)72)58-38-18-20-39(21-19-38)63-25-23-62(24-26-63)27-29-73-28-10-13-45(68)60-47(53(3,4)5)51(71)64-33-40(67)30-42(64)49(69)55-31-36-14-16-37(17-15-36)46-35(2)57-34-74-46/h8-9,11-12,14-21,32,34,40,42,47,67,72H,1,10,13,22-31,33H2,2-7H3,(H,55,69)(H,60,68)(H,56,58,61)/t40?,42?,47-/m1/s1. The number of fused-ring (bicyclic) bond motifs is 1. The fourth-order valence-corrected chi connectivity index (χ4v) is 10.1. The fourth-order valence-electron chi connectivity index (χ4n) is 9.25. The maximum Gasteiger partial charge on any atom is 0.278 e. The first-order chi connectivity index (χ1) is 35.4. The Balaban J connectivity index is 0.756. The third-order valence-electron chi connectivity index (χ3n) is 13.4. The predicted octanol–water partition coefficient (Wildman–Crippen LogP) is 5.29. The van der Waals surface area contributed by atoms with Gasteiger partial charge in [-0.25, -0.2) is 24.3 Å². The minimum Gasteiger partial charge on any atom is -0.391 e. The van der Waals surface area contributed by atoms with E-state index in [2.05, 4.69) is 59.4 Å². The van der Waals surface area contributed by atoms with Gasteiger partial charge < -0.3 is 40.7 Å². The number of aliphatic hydroxyl groups excluding tert-OH is 1. The number of hydrogen-bond donors (Lipinski definition) is 5. The lowest BCUT2D eigenvalue weighted by Crippen LogP contribution is -2.57. The molecule has 2 aliphatic heterocycles. The Morgan fingerprint density at radius 2 is 1.70 bits per heavy atom. The number of carbonyl (C=O) groups excluding carboxylic acids is 3. The van der Waals surface area contributed by atoms with Crippen LogP contribution >= 0.6 is 11.3 Å². The van der Waals surface area contributed by atoms with Gasteiger partial charge in [0.1, 0.15) is 23.1 Å². The number of aryl methyl sites for hydroxylation is 1. The van der Waals surface area contributed by atoms with Crippen molar-refractivity contribution < 1.29 is 29.3 Å². The summed E-state index contributed by atoms with van der Waals surface area (Å²) in [6.45, 7) is 20.3. The number of benzene rings is 2. The van der Waals surface area contributed by atoms with Crippen LogP contribution in [-0.2, 0) is 37.8 Å². The summed E-state index contributed by atoms with van der Waals surface area (Å²) in [5.41, 5.74) is 5.30. The predicted molar refractivity (Wildman–Crippen MR) is 286 cm³/mol. The van der Waals surface area contributed by atoms with E-state index in [0.717, 1.165) is 65.8 Å². The minimum absolute atomic E-state index is 0.00822. The van der Waals surface area contributed by atoms with E-state index in [1.165, 1.54) is 15.8 Å². The third-order valence-corrected chi connectivity index (χ3v) is 14.4. The van der Waals surface area contributed by atoms with Crippen molar-refractivity contribution in [2.24, 2.45) is 5.41 Å². The summed E-state index contributed by atoms with van der Waals surface area (Å²) in [5, 5.41) is 30.7. The number of nitrogens with zero attached hydrogens (tertiary/aromatic N) is 9. The highest BCUT2D eigenvalue weighted by molar-refractivity contribution is 7.13. The smallest absolute Gasteiger partial charge is 0.278 e. The van der Waals surface area contributed by atoms with Gasteiger partial charge in [0.25, 0.3) is 5.56 Å². The lowest BCUT2D eigenvalue weighted by atomic mass is 9.85. The Kier molecular flexibility index (Phi) is 16.7. The van der Waals surface area contributed by atoms with Crippen LogP contribution in [0, 0.1) is 12.3 Å². The number of likely N-dealkylation sites (tertiary alicyclic amines) is 1. The number of ether oxygens (including phenoxy) is 1. The molecule has 2 aromatic carbocycles. The number of rotatable bonds is 20. The van der Waals surface area contributed by atoms with Gasteiger partial charge in [-0.1, -0.05) is 57.2 Å². The Morgan fingerprint density at radius 3 is 2.38 bits per heavy atom. The number of thiazole rings is 1. The topological polar surface area (TPSA) is 225 Å². The van der Waals surface area contributed by atoms with Crippen molar-refractivity contribution in [1.82, 2.24) is 49.7 Å². The van der Waals surface area contributed by atoms with Gasteiger partial charge in [-0.2, -0.15) is 4.98 Å². The summed E-state index contributed by atoms with van der Waals surface area (Å²) >= 11 is 1.58. The van der Waals surface area contributed by atoms with Crippen molar-refractivity contribution in [3.63, 3.8) is 0 Å². The Labute approximate surface area is 435 Å². The van der Waals surface area contributed by atoms with E-state index < -0.39 is 35.1 Å². The van der Waals surface area contributed by atoms with Crippen molar-refractivity contribution >= 4 is 57.4 Å². The number of piperazine rings is 1. The zero-order valence-electron chi connectivity index (χ0n) is 43.1. The van der Waals surface area contributed by atoms with Crippen molar-refractivity contribution in [3.8, 4) is 16.3 Å². The van der Waals surface area contributed by atoms with Gasteiger partial charge in [0.05, 0.1) is 41.0 Å². The zero-order valence-corrected chi connectivity index (χ0v) is 43.9. The van der Waals surface area contributed by atoms with E-state index in [-0.39, 0.29) is 49.8 Å². The van der Waals surface area contributed by atoms with Crippen LogP contribution in [0.25, 0.3) is 27.3 Å². The molecule has 0 radical (unpaired) electrons. The number of aromatic nitrogens is 6. The summed E-state index contributed by atoms with van der Waals surface area (Å²) in [5.74, 6) is -0.285. The molecule has 8 rings (SSSR count). The number of hydrogen-bond acceptors (Lipinski definition) is 15. The summed E-state index contributed by atoms with van der Waals surface area (Å²) < 4.78 is 9.07. The molecule has 19 nitrogen and oxygen atoms in total. The van der Waals surface area contributed by atoms with Crippen LogP contribution in [0.1, 0.15) is 70.8 Å². The lowest BCUT2D eigenvalue weighted by molar-refractivity contribution is -0.144. The Morgan fingerprint density at radius 1 is 0.959 bits per heavy atom. The van der Waals surface area contributed by atoms with Gasteiger partial charge in [-0.15, -0.1) is 17.9 Å². The summed E-state index contributed by atoms with van der Waals surface area (Å²) in [6, 6.07) is 19.5. The quantitative estimate of drug-likeness (QED) is 0.0484. The van der Waals surface area contributed by atoms with E-state index in [1.54, 1.807) is 54.1 Å². The highest BCUT2D eigenvalue weighted by Gasteiger charge is 2.44. The molecule has 0 spiro atoms. The van der Waals surface area contributed by atoms with Crippen molar-refractivity contribution in [3.05, 3.63) is 118 Å². The van der Waals surface area contributed by atoms with E-state index in [1.807, 2.05) is 69.6 Å². The zero-order chi connectivity index (χ0) is 52.7. The first-order valence-electron chi connectivity index (χ1n) is 25.1. The van der Waals surface area contributed by atoms with Gasteiger partial charge in [-0.05, 0) is 80.1 Å². The lowest BCUT2D eigenvalue weighted by Gasteiger charge is -2.36. The average molecular weight is 1030 g/mol. The van der Waals surface area contributed by atoms with Crippen LogP contribution in [0.2, 0.25) is 0 Å². The van der Waals surface area contributed by atoms with Crippen LogP contribution in [0.3, 0.4) is 0 Å². The molecular weight excluding hydrogens is 961 g/mol. The van der Waals surface area contributed by atoms with E-state index in [0.29, 0.717) is 48.1 Å². The first-order valence-corrected chi connectivity index (χ1v) is 26.0. The van der Waals surface area contributed by atoms with Crippen LogP contribution in [0.5, 0.6) is 0 Å². The summed E-state index contributed by atoms with van der Waals surface area (Å²) in [4.78, 5) is 79.6. The number of carbonyl (C=O) groups is 3. The second kappa shape index (κ2) is 23.1. The molecule has 0 saturated carbocycles. The van der Waals surface area contributed by atoms with Crippen LogP contribution in [0.4, 0.5) is 17.3 Å². The highest BCUT2D eigenvalue weighted by Crippen LogP contribution is 2.29. The SMILES string of the molecule is C=CCn1c(=O)c2cnc(Nc3ccc(N4CCN(CCOCCCC(=O)N[C@H](C(=O)N5CC(O)CC5C(=O)NCc5ccc(-c6scnc6C)cc5)C(C)(C)C)CC4)cc3)nc2n1-c1cccc(C(C)(C)O)n1. The molecule has 0 aliphatic carbocycles. The van der Waals surface area contributed by atoms with Crippen molar-refractivity contribution in [1.29, 1.82) is 0 Å². The maximum absolute atomic E-state index is 14.1. The normalized spacial score (nSPS) is 16.9. The molecule has 4 aromatic heterocycles. The van der Waals surface area contributed by atoms with E-state index >= 15 is 0 Å². The van der Waals surface area contributed by atoms with Crippen molar-refractivity contribution in [2.45, 2.75) is 97.7 Å². The second-order valence-corrected chi connectivity index (χ2v) is 21.4. The molecule has 392 valence electrons. The largest absolute Gasteiger partial charge is 0.391 e. The number of pyridine rings is 1. The van der Waals surface area contributed by atoms with E-state index in [9.17, 15) is 29.4 Å². The van der Waals surface area contributed by atoms with Crippen LogP contribution < -0.4 is 26.4 Å². The number of nitrogens with one attached hydrogen (secondary N) is 3. The molecule has 6 aromatic rings. The third kappa shape index (κ3) is 12.7. The average Bonchev–Trinajstić information content (AvgIpc) is 4.07. The van der Waals surface area contributed by atoms with Gasteiger partial charge in [0.2, 0.25) is 23.7 Å². The summed E-state index contributed by atoms with van der Waals surface area (Å²) in [7, 11) is 0. The Bertz CT molecular complexity index is 2990. The molecule has 74 heavy (non-hydrogen) atoms. The molecule has 0 bridgehead atoms. The molecule has 2 fully saturated rings. The molecule has 2 aliphatic rings. The van der Waals surface area contributed by atoms with Crippen molar-refractivity contribution in [2.75, 3.05) is 62.7 Å².